The second-order valence-electron chi connectivity index (χ2n) is 7.45. The van der Waals surface area contributed by atoms with Crippen molar-refractivity contribution < 1.29 is 9.69 Å². The molecular weight excluding hydrogens is 312 g/mol. The van der Waals surface area contributed by atoms with Gasteiger partial charge in [-0.15, -0.1) is 0 Å². The van der Waals surface area contributed by atoms with E-state index in [2.05, 4.69) is 48.5 Å². The predicted molar refractivity (Wildman–Crippen MR) is 100 cm³/mol. The quantitative estimate of drug-likeness (QED) is 0.894. The standard InChI is InChI=1S/C20H28N4O/c1-14-5-7-18(8-6-14)24-17(4)20(16(3)22-24)21-19(25)13-23-11-9-15(2)10-12-23/h5-8,15H,9-13H2,1-4H3,(H,21,25)/p+1. The normalized spacial score (nSPS) is 20.5. The van der Waals surface area contributed by atoms with Crippen molar-refractivity contribution in [2.24, 2.45) is 5.92 Å². The molecule has 134 valence electrons. The molecule has 2 aromatic rings. The number of hydrogen-bond donors (Lipinski definition) is 2. The second kappa shape index (κ2) is 7.40. The van der Waals surface area contributed by atoms with Gasteiger partial charge in [0.2, 0.25) is 0 Å². The van der Waals surface area contributed by atoms with Crippen LogP contribution in [0.2, 0.25) is 0 Å². The van der Waals surface area contributed by atoms with Gasteiger partial charge < -0.3 is 10.2 Å². The number of anilines is 1. The lowest BCUT2D eigenvalue weighted by atomic mass is 9.99. The summed E-state index contributed by atoms with van der Waals surface area (Å²) in [6.45, 7) is 11.0. The number of nitrogens with zero attached hydrogens (tertiary/aromatic N) is 2. The molecule has 25 heavy (non-hydrogen) atoms. The molecule has 1 saturated heterocycles. The third-order valence-corrected chi connectivity index (χ3v) is 5.23. The highest BCUT2D eigenvalue weighted by molar-refractivity contribution is 5.92. The van der Waals surface area contributed by atoms with Crippen LogP contribution in [0.15, 0.2) is 24.3 Å². The summed E-state index contributed by atoms with van der Waals surface area (Å²) in [6, 6.07) is 8.26. The van der Waals surface area contributed by atoms with Crippen molar-refractivity contribution in [1.82, 2.24) is 9.78 Å². The maximum absolute atomic E-state index is 12.5. The zero-order chi connectivity index (χ0) is 18.0. The lowest BCUT2D eigenvalue weighted by molar-refractivity contribution is -0.897. The van der Waals surface area contributed by atoms with E-state index in [1.807, 2.05) is 18.5 Å². The number of amides is 1. The van der Waals surface area contributed by atoms with E-state index in [0.717, 1.165) is 41.8 Å². The number of nitrogens with one attached hydrogen (secondary N) is 2. The van der Waals surface area contributed by atoms with Gasteiger partial charge in [-0.25, -0.2) is 4.68 Å². The summed E-state index contributed by atoms with van der Waals surface area (Å²) in [5, 5.41) is 7.71. The summed E-state index contributed by atoms with van der Waals surface area (Å²) >= 11 is 0. The fraction of sp³-hybridized carbons (Fsp3) is 0.500. The van der Waals surface area contributed by atoms with Crippen molar-refractivity contribution in [2.45, 2.75) is 40.5 Å². The van der Waals surface area contributed by atoms with Gasteiger partial charge in [0.15, 0.2) is 6.54 Å². The van der Waals surface area contributed by atoms with Crippen molar-refractivity contribution in [2.75, 3.05) is 25.0 Å². The van der Waals surface area contributed by atoms with Crippen LogP contribution in [0.4, 0.5) is 5.69 Å². The molecule has 1 aliphatic rings. The van der Waals surface area contributed by atoms with Crippen LogP contribution in [0.25, 0.3) is 5.69 Å². The molecule has 1 aromatic carbocycles. The van der Waals surface area contributed by atoms with E-state index in [0.29, 0.717) is 6.54 Å². The molecule has 0 atom stereocenters. The van der Waals surface area contributed by atoms with Crippen LogP contribution in [-0.4, -0.2) is 35.3 Å². The summed E-state index contributed by atoms with van der Waals surface area (Å²) in [5.41, 5.74) is 4.90. The minimum Gasteiger partial charge on any atom is -0.327 e. The van der Waals surface area contributed by atoms with Crippen LogP contribution in [0.1, 0.15) is 36.7 Å². The van der Waals surface area contributed by atoms with Crippen molar-refractivity contribution in [1.29, 1.82) is 0 Å². The minimum absolute atomic E-state index is 0.0826. The number of rotatable bonds is 4. The maximum Gasteiger partial charge on any atom is 0.279 e. The monoisotopic (exact) mass is 341 g/mol. The Bertz CT molecular complexity index is 740. The molecule has 5 nitrogen and oxygen atoms in total. The predicted octanol–water partition coefficient (Wildman–Crippen LogP) is 2.05. The molecule has 1 fully saturated rings. The number of benzene rings is 1. The van der Waals surface area contributed by atoms with E-state index in [1.54, 1.807) is 0 Å². The lowest BCUT2D eigenvalue weighted by Crippen LogP contribution is -3.14. The molecule has 0 radical (unpaired) electrons. The Balaban J connectivity index is 1.70. The topological polar surface area (TPSA) is 51.4 Å². The minimum atomic E-state index is 0.0826. The Morgan fingerprint density at radius 1 is 1.20 bits per heavy atom. The van der Waals surface area contributed by atoms with Gasteiger partial charge in [0.25, 0.3) is 5.91 Å². The molecule has 0 saturated carbocycles. The zero-order valence-corrected chi connectivity index (χ0v) is 15.7. The maximum atomic E-state index is 12.5. The second-order valence-corrected chi connectivity index (χ2v) is 7.45. The van der Waals surface area contributed by atoms with Crippen molar-refractivity contribution in [3.05, 3.63) is 41.2 Å². The van der Waals surface area contributed by atoms with Crippen LogP contribution in [0.3, 0.4) is 0 Å². The summed E-state index contributed by atoms with van der Waals surface area (Å²) in [7, 11) is 0. The summed E-state index contributed by atoms with van der Waals surface area (Å²) < 4.78 is 1.90. The largest absolute Gasteiger partial charge is 0.327 e. The van der Waals surface area contributed by atoms with Crippen LogP contribution in [0.5, 0.6) is 0 Å². The van der Waals surface area contributed by atoms with E-state index >= 15 is 0 Å². The zero-order valence-electron chi connectivity index (χ0n) is 15.7. The Hall–Kier alpha value is -2.14. The molecule has 3 rings (SSSR count). The number of carbonyl (C=O) groups excluding carboxylic acids is 1. The first kappa shape index (κ1) is 17.7. The first-order chi connectivity index (χ1) is 11.9. The number of aromatic nitrogens is 2. The van der Waals surface area contributed by atoms with Crippen LogP contribution in [-0.2, 0) is 4.79 Å². The van der Waals surface area contributed by atoms with Gasteiger partial charge in [-0.2, -0.15) is 5.10 Å². The van der Waals surface area contributed by atoms with Gasteiger partial charge in [-0.1, -0.05) is 24.6 Å². The Morgan fingerprint density at radius 2 is 1.84 bits per heavy atom. The van der Waals surface area contributed by atoms with E-state index in [-0.39, 0.29) is 5.91 Å². The molecule has 0 aliphatic carbocycles. The van der Waals surface area contributed by atoms with E-state index in [9.17, 15) is 4.79 Å². The van der Waals surface area contributed by atoms with Crippen LogP contribution >= 0.6 is 0 Å². The van der Waals surface area contributed by atoms with E-state index < -0.39 is 0 Å². The molecular formula is C20H29N4O+. The van der Waals surface area contributed by atoms with Gasteiger partial charge in [0, 0.05) is 0 Å². The summed E-state index contributed by atoms with van der Waals surface area (Å²) in [6.07, 6.45) is 2.43. The van der Waals surface area contributed by atoms with Gasteiger partial charge in [0.1, 0.15) is 0 Å². The Morgan fingerprint density at radius 3 is 2.48 bits per heavy atom. The highest BCUT2D eigenvalue weighted by Crippen LogP contribution is 2.22. The van der Waals surface area contributed by atoms with Crippen LogP contribution in [0, 0.1) is 26.7 Å². The molecule has 0 bridgehead atoms. The first-order valence-electron chi connectivity index (χ1n) is 9.20. The number of piperidine rings is 1. The molecule has 1 aliphatic heterocycles. The molecule has 5 heteroatoms. The van der Waals surface area contributed by atoms with Gasteiger partial charge >= 0.3 is 0 Å². The fourth-order valence-corrected chi connectivity index (χ4v) is 3.52. The first-order valence-corrected chi connectivity index (χ1v) is 9.20. The number of likely N-dealkylation sites (tertiary alicyclic amines) is 1. The van der Waals surface area contributed by atoms with Crippen molar-refractivity contribution >= 4 is 11.6 Å². The van der Waals surface area contributed by atoms with E-state index in [4.69, 9.17) is 0 Å². The molecule has 1 amide bonds. The van der Waals surface area contributed by atoms with Crippen molar-refractivity contribution in [3.8, 4) is 5.69 Å². The van der Waals surface area contributed by atoms with Gasteiger partial charge in [-0.3, -0.25) is 4.79 Å². The Kier molecular flexibility index (Phi) is 5.23. The molecule has 2 N–H and O–H groups in total. The molecule has 2 heterocycles. The smallest absolute Gasteiger partial charge is 0.279 e. The molecule has 1 aromatic heterocycles. The average Bonchev–Trinajstić information content (AvgIpc) is 2.86. The number of aryl methyl sites for hydroxylation is 2. The SMILES string of the molecule is Cc1ccc(-n2nc(C)c(NC(=O)C[NH+]3CCC(C)CC3)c2C)cc1. The van der Waals surface area contributed by atoms with Crippen molar-refractivity contribution in [3.63, 3.8) is 0 Å². The summed E-state index contributed by atoms with van der Waals surface area (Å²) in [4.78, 5) is 13.9. The van der Waals surface area contributed by atoms with Crippen LogP contribution < -0.4 is 10.2 Å². The fourth-order valence-electron chi connectivity index (χ4n) is 3.52. The number of quaternary nitrogens is 1. The third kappa shape index (κ3) is 4.10. The molecule has 0 unspecified atom stereocenters. The van der Waals surface area contributed by atoms with Gasteiger partial charge in [0.05, 0.1) is 35.9 Å². The third-order valence-electron chi connectivity index (χ3n) is 5.23. The highest BCUT2D eigenvalue weighted by Gasteiger charge is 2.22. The number of hydrogen-bond acceptors (Lipinski definition) is 2. The average molecular weight is 341 g/mol. The highest BCUT2D eigenvalue weighted by atomic mass is 16.2. The lowest BCUT2D eigenvalue weighted by Gasteiger charge is -2.26. The Labute approximate surface area is 150 Å². The van der Waals surface area contributed by atoms with E-state index in [1.165, 1.54) is 23.3 Å². The number of carbonyl (C=O) groups is 1. The van der Waals surface area contributed by atoms with Gasteiger partial charge in [-0.05, 0) is 51.7 Å². The summed E-state index contributed by atoms with van der Waals surface area (Å²) in [5.74, 6) is 0.878. The molecule has 0 spiro atoms.